The molecule has 1 aromatic rings. The summed E-state index contributed by atoms with van der Waals surface area (Å²) in [6.45, 7) is 4.26. The highest BCUT2D eigenvalue weighted by Crippen LogP contribution is 2.30. The lowest BCUT2D eigenvalue weighted by Crippen LogP contribution is -1.98. The lowest BCUT2D eigenvalue weighted by atomic mass is 10.3. The van der Waals surface area contributed by atoms with Gasteiger partial charge in [0.05, 0.1) is 12.4 Å². The van der Waals surface area contributed by atoms with Crippen LogP contribution in [0.4, 0.5) is 0 Å². The van der Waals surface area contributed by atoms with Gasteiger partial charge in [-0.3, -0.25) is 0 Å². The number of unbranched alkanes of at least 4 members (excludes halogenated alkanes) is 1. The minimum atomic E-state index is -0.419. The average molecular weight is 242 g/mol. The van der Waals surface area contributed by atoms with E-state index in [-0.39, 0.29) is 11.0 Å². The van der Waals surface area contributed by atoms with Crippen LogP contribution in [-0.2, 0) is 4.74 Å². The van der Waals surface area contributed by atoms with Gasteiger partial charge in [0.15, 0.2) is 0 Å². The van der Waals surface area contributed by atoms with Crippen molar-refractivity contribution >= 4 is 17.7 Å². The van der Waals surface area contributed by atoms with Crippen LogP contribution >= 0.6 is 11.8 Å². The van der Waals surface area contributed by atoms with Crippen LogP contribution in [0.15, 0.2) is 16.5 Å². The summed E-state index contributed by atoms with van der Waals surface area (Å²) < 4.78 is 10.0. The highest BCUT2D eigenvalue weighted by Gasteiger charge is 2.15. The summed E-state index contributed by atoms with van der Waals surface area (Å²) in [5, 5.41) is 0.282. The molecule has 0 aliphatic carbocycles. The van der Waals surface area contributed by atoms with Gasteiger partial charge in [0.25, 0.3) is 0 Å². The summed E-state index contributed by atoms with van der Waals surface area (Å²) in [4.78, 5) is 11.2. The number of hydrogen-bond acceptors (Lipinski definition) is 4. The first kappa shape index (κ1) is 13.2. The summed E-state index contributed by atoms with van der Waals surface area (Å²) in [7, 11) is 1.35. The molecule has 0 saturated carbocycles. The number of furan rings is 1. The Kier molecular flexibility index (Phi) is 5.46. The van der Waals surface area contributed by atoms with Crippen LogP contribution in [0.1, 0.15) is 48.3 Å². The maximum absolute atomic E-state index is 11.2. The van der Waals surface area contributed by atoms with Crippen LogP contribution in [-0.4, -0.2) is 18.8 Å². The van der Waals surface area contributed by atoms with E-state index < -0.39 is 5.97 Å². The molecule has 0 spiro atoms. The van der Waals surface area contributed by atoms with Gasteiger partial charge in [-0.1, -0.05) is 13.3 Å². The molecule has 16 heavy (non-hydrogen) atoms. The van der Waals surface area contributed by atoms with Gasteiger partial charge in [-0.05, 0) is 31.2 Å². The predicted molar refractivity (Wildman–Crippen MR) is 65.8 cm³/mol. The molecule has 1 heterocycles. The lowest BCUT2D eigenvalue weighted by Gasteiger charge is -2.07. The molecule has 0 aliphatic heterocycles. The summed E-state index contributed by atoms with van der Waals surface area (Å²) >= 11 is 1.84. The Labute approximate surface area is 101 Å². The number of carbonyl (C=O) groups excluding carboxylic acids is 1. The predicted octanol–water partition coefficient (Wildman–Crippen LogP) is 3.66. The molecule has 0 amide bonds. The van der Waals surface area contributed by atoms with Crippen LogP contribution in [0.25, 0.3) is 0 Å². The molecule has 0 saturated heterocycles. The zero-order valence-corrected chi connectivity index (χ0v) is 10.8. The Morgan fingerprint density at radius 1 is 1.56 bits per heavy atom. The summed E-state index contributed by atoms with van der Waals surface area (Å²) in [5.41, 5.74) is 0. The minimum absolute atomic E-state index is 0.278. The van der Waals surface area contributed by atoms with Crippen LogP contribution in [0, 0.1) is 0 Å². The molecule has 0 fully saturated rings. The number of esters is 1. The van der Waals surface area contributed by atoms with Gasteiger partial charge in [0.1, 0.15) is 5.76 Å². The van der Waals surface area contributed by atoms with Gasteiger partial charge >= 0.3 is 5.97 Å². The van der Waals surface area contributed by atoms with Crippen molar-refractivity contribution in [1.29, 1.82) is 0 Å². The zero-order chi connectivity index (χ0) is 12.0. The van der Waals surface area contributed by atoms with Crippen molar-refractivity contribution in [2.45, 2.75) is 31.9 Å². The number of carbonyl (C=O) groups is 1. The van der Waals surface area contributed by atoms with E-state index in [9.17, 15) is 4.79 Å². The summed E-state index contributed by atoms with van der Waals surface area (Å²) in [5.74, 6) is 1.81. The van der Waals surface area contributed by atoms with Gasteiger partial charge < -0.3 is 9.15 Å². The van der Waals surface area contributed by atoms with Crippen molar-refractivity contribution in [3.05, 3.63) is 23.7 Å². The van der Waals surface area contributed by atoms with Crippen molar-refractivity contribution < 1.29 is 13.9 Å². The number of ether oxygens (including phenoxy) is 1. The summed E-state index contributed by atoms with van der Waals surface area (Å²) in [6.07, 6.45) is 2.41. The van der Waals surface area contributed by atoms with Gasteiger partial charge in [-0.25, -0.2) is 4.79 Å². The molecule has 1 aromatic heterocycles. The lowest BCUT2D eigenvalue weighted by molar-refractivity contribution is 0.0563. The van der Waals surface area contributed by atoms with Gasteiger partial charge in [-0.2, -0.15) is 11.8 Å². The third-order valence-electron chi connectivity index (χ3n) is 2.28. The molecule has 90 valence electrons. The zero-order valence-electron chi connectivity index (χ0n) is 9.99. The second kappa shape index (κ2) is 6.63. The van der Waals surface area contributed by atoms with E-state index in [0.29, 0.717) is 0 Å². The Morgan fingerprint density at radius 3 is 2.94 bits per heavy atom. The van der Waals surface area contributed by atoms with E-state index in [4.69, 9.17) is 4.42 Å². The number of methoxy groups -OCH3 is 1. The fourth-order valence-corrected chi connectivity index (χ4v) is 2.37. The fraction of sp³-hybridized carbons (Fsp3) is 0.583. The fourth-order valence-electron chi connectivity index (χ4n) is 1.27. The van der Waals surface area contributed by atoms with Gasteiger partial charge in [-0.15, -0.1) is 0 Å². The third kappa shape index (κ3) is 3.59. The van der Waals surface area contributed by atoms with E-state index in [1.807, 2.05) is 17.8 Å². The van der Waals surface area contributed by atoms with E-state index in [1.54, 1.807) is 6.07 Å². The van der Waals surface area contributed by atoms with Crippen LogP contribution in [0.3, 0.4) is 0 Å². The normalized spacial score (nSPS) is 12.4. The first-order valence-electron chi connectivity index (χ1n) is 5.48. The van der Waals surface area contributed by atoms with Crippen molar-refractivity contribution in [3.63, 3.8) is 0 Å². The average Bonchev–Trinajstić information content (AvgIpc) is 2.77. The standard InChI is InChI=1S/C12H18O3S/c1-4-5-8-16-9(2)10-6-7-11(15-10)12(13)14-3/h6-7,9H,4-5,8H2,1-3H3. The second-order valence-electron chi connectivity index (χ2n) is 3.56. The molecule has 3 nitrogen and oxygen atoms in total. The molecule has 0 radical (unpaired) electrons. The highest BCUT2D eigenvalue weighted by atomic mass is 32.2. The van der Waals surface area contributed by atoms with Crippen molar-refractivity contribution in [1.82, 2.24) is 0 Å². The third-order valence-corrected chi connectivity index (χ3v) is 3.54. The van der Waals surface area contributed by atoms with Crippen molar-refractivity contribution in [3.8, 4) is 0 Å². The SMILES string of the molecule is CCCCSC(C)c1ccc(C(=O)OC)o1. The molecule has 1 rings (SSSR count). The number of rotatable bonds is 6. The monoisotopic (exact) mass is 242 g/mol. The van der Waals surface area contributed by atoms with E-state index in [2.05, 4.69) is 18.6 Å². The molecule has 4 heteroatoms. The quantitative estimate of drug-likeness (QED) is 0.563. The molecule has 1 unspecified atom stereocenters. The topological polar surface area (TPSA) is 39.4 Å². The molecule has 0 bridgehead atoms. The molecular formula is C12H18O3S. The largest absolute Gasteiger partial charge is 0.463 e. The molecule has 0 N–H and O–H groups in total. The van der Waals surface area contributed by atoms with Gasteiger partial charge in [0, 0.05) is 0 Å². The Balaban J connectivity index is 2.52. The van der Waals surface area contributed by atoms with Crippen LogP contribution < -0.4 is 0 Å². The first-order valence-corrected chi connectivity index (χ1v) is 6.53. The Hall–Kier alpha value is -0.900. The maximum atomic E-state index is 11.2. The minimum Gasteiger partial charge on any atom is -0.463 e. The Morgan fingerprint density at radius 2 is 2.31 bits per heavy atom. The molecule has 1 atom stereocenters. The van der Waals surface area contributed by atoms with Crippen molar-refractivity contribution in [2.24, 2.45) is 0 Å². The Bertz CT molecular complexity index is 333. The van der Waals surface area contributed by atoms with E-state index in [1.165, 1.54) is 20.0 Å². The second-order valence-corrected chi connectivity index (χ2v) is 5.01. The first-order chi connectivity index (χ1) is 7.69. The summed E-state index contributed by atoms with van der Waals surface area (Å²) in [6, 6.07) is 3.51. The van der Waals surface area contributed by atoms with Crippen LogP contribution in [0.5, 0.6) is 0 Å². The maximum Gasteiger partial charge on any atom is 0.373 e. The van der Waals surface area contributed by atoms with Crippen LogP contribution in [0.2, 0.25) is 0 Å². The highest BCUT2D eigenvalue weighted by molar-refractivity contribution is 7.99. The molecule has 0 aliphatic rings. The van der Waals surface area contributed by atoms with Crippen molar-refractivity contribution in [2.75, 3.05) is 12.9 Å². The van der Waals surface area contributed by atoms with E-state index >= 15 is 0 Å². The number of hydrogen-bond donors (Lipinski definition) is 0. The smallest absolute Gasteiger partial charge is 0.373 e. The molecule has 0 aromatic carbocycles. The van der Waals surface area contributed by atoms with Gasteiger partial charge in [0.2, 0.25) is 5.76 Å². The van der Waals surface area contributed by atoms with E-state index in [0.717, 1.165) is 11.5 Å². The molecular weight excluding hydrogens is 224 g/mol. The number of thioether (sulfide) groups is 1.